The fourth-order valence-electron chi connectivity index (χ4n) is 7.17. The summed E-state index contributed by atoms with van der Waals surface area (Å²) in [5.41, 5.74) is 1.06. The number of hydrogen-bond donors (Lipinski definition) is 2. The van der Waals surface area contributed by atoms with Crippen LogP contribution < -0.4 is 9.64 Å². The number of rotatable bonds is 6. The van der Waals surface area contributed by atoms with Crippen molar-refractivity contribution in [1.29, 1.82) is 0 Å². The first kappa shape index (κ1) is 27.8. The number of aliphatic hydroxyl groups excluding tert-OH is 1. The predicted octanol–water partition coefficient (Wildman–Crippen LogP) is 4.33. The van der Waals surface area contributed by atoms with E-state index in [0.29, 0.717) is 42.0 Å². The summed E-state index contributed by atoms with van der Waals surface area (Å²) < 4.78 is 22.8. The molecule has 2 unspecified atom stereocenters. The molecule has 10 heteroatoms. The molecule has 0 saturated carbocycles. The van der Waals surface area contributed by atoms with Crippen LogP contribution in [-0.2, 0) is 4.79 Å². The monoisotopic (exact) mass is 585 g/mol. The number of aromatic hydroxyl groups is 1. The lowest BCUT2D eigenvalue weighted by atomic mass is 9.96. The van der Waals surface area contributed by atoms with Crippen molar-refractivity contribution in [2.75, 3.05) is 38.2 Å². The van der Waals surface area contributed by atoms with E-state index in [2.05, 4.69) is 21.8 Å². The van der Waals surface area contributed by atoms with E-state index in [1.54, 1.807) is 18.2 Å². The second-order valence-corrected chi connectivity index (χ2v) is 12.2. The summed E-state index contributed by atoms with van der Waals surface area (Å²) in [6.07, 6.45) is 2.74. The number of benzene rings is 3. The van der Waals surface area contributed by atoms with E-state index in [9.17, 15) is 15.0 Å². The largest absolute Gasteiger partial charge is 0.508 e. The summed E-state index contributed by atoms with van der Waals surface area (Å²) in [5.74, 6) is -0.127. The molecule has 43 heavy (non-hydrogen) atoms. The van der Waals surface area contributed by atoms with Gasteiger partial charge in [0.1, 0.15) is 29.8 Å². The third kappa shape index (κ3) is 4.92. The van der Waals surface area contributed by atoms with Gasteiger partial charge in [0.2, 0.25) is 0 Å². The van der Waals surface area contributed by atoms with Crippen LogP contribution in [0.5, 0.6) is 11.8 Å². The van der Waals surface area contributed by atoms with Gasteiger partial charge in [0.25, 0.3) is 5.91 Å². The minimum Gasteiger partial charge on any atom is -0.508 e. The number of phenolic OH excluding ortho intramolecular Hbond substituents is 1. The Morgan fingerprint density at radius 3 is 2.53 bits per heavy atom. The highest BCUT2D eigenvalue weighted by molar-refractivity contribution is 6.01. The number of likely N-dealkylation sites (tertiary alicyclic amines) is 1. The number of aromatic nitrogens is 2. The maximum atomic E-state index is 16.6. The van der Waals surface area contributed by atoms with Gasteiger partial charge in [-0.25, -0.2) is 4.39 Å². The number of phenols is 1. The summed E-state index contributed by atoms with van der Waals surface area (Å²) >= 11 is 0. The van der Waals surface area contributed by atoms with Crippen molar-refractivity contribution in [3.63, 3.8) is 0 Å². The number of aliphatic hydroxyl groups is 1. The smallest absolute Gasteiger partial charge is 0.319 e. The van der Waals surface area contributed by atoms with E-state index in [1.807, 2.05) is 35.2 Å². The molecule has 4 atom stereocenters. The molecule has 4 heterocycles. The Labute approximate surface area is 249 Å². The first-order chi connectivity index (χ1) is 20.8. The molecule has 2 N–H and O–H groups in total. The maximum Gasteiger partial charge on any atom is 0.319 e. The van der Waals surface area contributed by atoms with Crippen LogP contribution >= 0.6 is 0 Å². The highest BCUT2D eigenvalue weighted by Crippen LogP contribution is 2.40. The average Bonchev–Trinajstić information content (AvgIpc) is 3.53. The molecule has 7 rings (SSSR count). The minimum atomic E-state index is -1.05. The van der Waals surface area contributed by atoms with E-state index in [1.165, 1.54) is 6.92 Å². The van der Waals surface area contributed by atoms with Crippen LogP contribution in [-0.4, -0.2) is 93.4 Å². The zero-order valence-corrected chi connectivity index (χ0v) is 24.4. The van der Waals surface area contributed by atoms with Crippen LogP contribution in [0, 0.1) is 5.82 Å². The van der Waals surface area contributed by atoms with Crippen molar-refractivity contribution in [2.24, 2.45) is 0 Å². The molecular weight excluding hydrogens is 549 g/mol. The molecule has 224 valence electrons. The number of anilines is 1. The molecule has 2 bridgehead atoms. The van der Waals surface area contributed by atoms with Crippen LogP contribution in [0.2, 0.25) is 0 Å². The number of nitrogens with zero attached hydrogens (tertiary/aromatic N) is 5. The van der Waals surface area contributed by atoms with Gasteiger partial charge >= 0.3 is 6.01 Å². The number of fused-ring (bicyclic) bond motifs is 4. The Morgan fingerprint density at radius 2 is 1.81 bits per heavy atom. The zero-order valence-electron chi connectivity index (χ0n) is 24.4. The summed E-state index contributed by atoms with van der Waals surface area (Å²) in [5, 5.41) is 22.6. The lowest BCUT2D eigenvalue weighted by Crippen LogP contribution is -2.58. The second-order valence-electron chi connectivity index (χ2n) is 12.2. The Morgan fingerprint density at radius 1 is 1.05 bits per heavy atom. The Kier molecular flexibility index (Phi) is 7.05. The van der Waals surface area contributed by atoms with Crippen molar-refractivity contribution >= 4 is 33.4 Å². The number of hydrogen-bond acceptors (Lipinski definition) is 8. The number of halogens is 1. The fraction of sp³-hybridized carbons (Fsp3) is 0.424. The Hall–Kier alpha value is -4.02. The number of piperazine rings is 1. The molecule has 3 aromatic carbocycles. The van der Waals surface area contributed by atoms with Crippen LogP contribution in [0.25, 0.3) is 32.8 Å². The number of ether oxygens (including phenoxy) is 1. The van der Waals surface area contributed by atoms with Crippen molar-refractivity contribution in [3.05, 3.63) is 54.3 Å². The van der Waals surface area contributed by atoms with E-state index >= 15 is 4.39 Å². The molecule has 0 radical (unpaired) electrons. The van der Waals surface area contributed by atoms with Gasteiger partial charge in [-0.2, -0.15) is 9.97 Å². The molecule has 4 aromatic rings. The first-order valence-electron chi connectivity index (χ1n) is 15.1. The molecule has 9 nitrogen and oxygen atoms in total. The number of amides is 1. The van der Waals surface area contributed by atoms with Gasteiger partial charge in [0.05, 0.1) is 0 Å². The van der Waals surface area contributed by atoms with E-state index < -0.39 is 11.9 Å². The topological polar surface area (TPSA) is 102 Å². The highest BCUT2D eigenvalue weighted by Gasteiger charge is 2.44. The van der Waals surface area contributed by atoms with Gasteiger partial charge in [0, 0.05) is 42.2 Å². The van der Waals surface area contributed by atoms with Crippen LogP contribution in [0.1, 0.15) is 32.6 Å². The average molecular weight is 586 g/mol. The quantitative estimate of drug-likeness (QED) is 0.345. The molecule has 3 aliphatic rings. The molecule has 3 fully saturated rings. The number of likely N-dealkylation sites (N-methyl/N-ethyl adjacent to an activating group) is 1. The van der Waals surface area contributed by atoms with Crippen molar-refractivity contribution in [2.45, 2.75) is 56.8 Å². The van der Waals surface area contributed by atoms with Crippen LogP contribution in [0.3, 0.4) is 0 Å². The molecule has 0 spiro atoms. The maximum absolute atomic E-state index is 16.6. The van der Waals surface area contributed by atoms with Gasteiger partial charge in [-0.05, 0) is 80.7 Å². The summed E-state index contributed by atoms with van der Waals surface area (Å²) in [7, 11) is 2.07. The van der Waals surface area contributed by atoms with Gasteiger partial charge in [-0.3, -0.25) is 4.79 Å². The van der Waals surface area contributed by atoms with Gasteiger partial charge in [-0.1, -0.05) is 30.3 Å². The number of carbonyl (C=O) groups excluding carboxylic acids is 1. The third-order valence-electron chi connectivity index (χ3n) is 9.37. The van der Waals surface area contributed by atoms with Gasteiger partial charge in [-0.15, -0.1) is 0 Å². The van der Waals surface area contributed by atoms with Crippen molar-refractivity contribution < 1.29 is 24.1 Å². The van der Waals surface area contributed by atoms with E-state index in [4.69, 9.17) is 9.72 Å². The molecular formula is C33H36FN5O4. The standard InChI is InChI=1S/C33H36FN5O4/c1-19(40)32(42)39-21-9-10-22(39)17-38(16-21)31-27-12-11-26(28-15-24(41)14-20-6-3-4-8-25(20)28)29(34)30(27)35-33(36-31)43-18-23-7-5-13-37(23)2/h3-4,6,8,11-12,14-15,19,21-23,40-41H,5,7,9-10,13,16-18H2,1-2H3/t19-,21?,22?,23-/m0/s1. The number of carbonyl (C=O) groups is 1. The highest BCUT2D eigenvalue weighted by atomic mass is 19.1. The fourth-order valence-corrected chi connectivity index (χ4v) is 7.17. The first-order valence-corrected chi connectivity index (χ1v) is 15.1. The normalized spacial score (nSPS) is 22.9. The Bertz CT molecular complexity index is 1700. The predicted molar refractivity (Wildman–Crippen MR) is 163 cm³/mol. The minimum absolute atomic E-state index is 0.0568. The summed E-state index contributed by atoms with van der Waals surface area (Å²) in [6, 6.07) is 14.6. The van der Waals surface area contributed by atoms with Gasteiger partial charge < -0.3 is 29.6 Å². The second kappa shape index (κ2) is 10.9. The Balaban J connectivity index is 1.32. The van der Waals surface area contributed by atoms with E-state index in [-0.39, 0.29) is 41.3 Å². The zero-order chi connectivity index (χ0) is 29.8. The SMILES string of the molecule is C[C@H](O)C(=O)N1C2CCC1CN(c1nc(OC[C@@H]3CCCN3C)nc3c(F)c(-c4cc(O)cc5ccccc45)ccc13)C2. The van der Waals surface area contributed by atoms with Crippen molar-refractivity contribution in [3.8, 4) is 22.9 Å². The molecule has 1 aromatic heterocycles. The molecule has 1 amide bonds. The molecule has 3 aliphatic heterocycles. The lowest BCUT2D eigenvalue weighted by molar-refractivity contribution is -0.142. The van der Waals surface area contributed by atoms with E-state index in [0.717, 1.165) is 43.0 Å². The van der Waals surface area contributed by atoms with Crippen LogP contribution in [0.15, 0.2) is 48.5 Å². The summed E-state index contributed by atoms with van der Waals surface area (Å²) in [6.45, 7) is 3.96. The summed E-state index contributed by atoms with van der Waals surface area (Å²) in [4.78, 5) is 28.4. The lowest BCUT2D eigenvalue weighted by Gasteiger charge is -2.42. The van der Waals surface area contributed by atoms with Crippen LogP contribution in [0.4, 0.5) is 10.2 Å². The third-order valence-corrected chi connectivity index (χ3v) is 9.37. The molecule has 0 aliphatic carbocycles. The van der Waals surface area contributed by atoms with Crippen molar-refractivity contribution in [1.82, 2.24) is 19.8 Å². The molecule has 3 saturated heterocycles. The van der Waals surface area contributed by atoms with Gasteiger partial charge in [0.15, 0.2) is 5.82 Å².